The van der Waals surface area contributed by atoms with E-state index in [1.807, 2.05) is 37.3 Å². The molecule has 0 aliphatic heterocycles. The van der Waals surface area contributed by atoms with Gasteiger partial charge in [-0.05, 0) is 18.9 Å². The molecular weight excluding hydrogens is 270 g/mol. The molecule has 0 bridgehead atoms. The van der Waals surface area contributed by atoms with E-state index in [0.29, 0.717) is 25.2 Å². The van der Waals surface area contributed by atoms with E-state index in [1.165, 1.54) is 6.08 Å². The third-order valence-corrected chi connectivity index (χ3v) is 3.76. The number of hydrogen-bond acceptors (Lipinski definition) is 4. The minimum absolute atomic E-state index is 0.0691. The molecule has 21 heavy (non-hydrogen) atoms. The molecular formula is C16H19NO4. The van der Waals surface area contributed by atoms with Gasteiger partial charge in [-0.2, -0.15) is 0 Å². The lowest BCUT2D eigenvalue weighted by Crippen LogP contribution is -2.29. The van der Waals surface area contributed by atoms with E-state index < -0.39 is 0 Å². The lowest BCUT2D eigenvalue weighted by molar-refractivity contribution is -0.484. The smallest absolute Gasteiger partial charge is 0.211 e. The van der Waals surface area contributed by atoms with Crippen LogP contribution in [-0.4, -0.2) is 23.9 Å². The number of benzene rings is 1. The van der Waals surface area contributed by atoms with Crippen LogP contribution in [0.15, 0.2) is 42.2 Å². The SMILES string of the molecule is CCOC1=CC(=O)C(C(C[N+](=O)[O-])c2ccccc2)CC1. The summed E-state index contributed by atoms with van der Waals surface area (Å²) < 4.78 is 5.37. The predicted octanol–water partition coefficient (Wildman–Crippen LogP) is 2.95. The van der Waals surface area contributed by atoms with Crippen LogP contribution in [0.3, 0.4) is 0 Å². The van der Waals surface area contributed by atoms with Crippen LogP contribution >= 0.6 is 0 Å². The number of carbonyl (C=O) groups is 1. The van der Waals surface area contributed by atoms with Crippen LogP contribution in [0.2, 0.25) is 0 Å². The van der Waals surface area contributed by atoms with Crippen LogP contribution in [0.25, 0.3) is 0 Å². The van der Waals surface area contributed by atoms with Gasteiger partial charge < -0.3 is 4.74 Å². The third-order valence-electron chi connectivity index (χ3n) is 3.76. The van der Waals surface area contributed by atoms with Crippen molar-refractivity contribution in [1.29, 1.82) is 0 Å². The Hall–Kier alpha value is -2.17. The Morgan fingerprint density at radius 2 is 2.10 bits per heavy atom. The number of hydrogen-bond donors (Lipinski definition) is 0. The normalized spacial score (nSPS) is 19.8. The minimum Gasteiger partial charge on any atom is -0.498 e. The summed E-state index contributed by atoms with van der Waals surface area (Å²) in [6.07, 6.45) is 2.76. The predicted molar refractivity (Wildman–Crippen MR) is 78.5 cm³/mol. The second-order valence-electron chi connectivity index (χ2n) is 5.12. The summed E-state index contributed by atoms with van der Waals surface area (Å²) in [6.45, 7) is 2.18. The first-order chi connectivity index (χ1) is 10.1. The second-order valence-corrected chi connectivity index (χ2v) is 5.12. The van der Waals surface area contributed by atoms with Crippen LogP contribution in [0, 0.1) is 16.0 Å². The second kappa shape index (κ2) is 7.02. The Kier molecular flexibility index (Phi) is 5.09. The average Bonchev–Trinajstić information content (AvgIpc) is 2.46. The highest BCUT2D eigenvalue weighted by Crippen LogP contribution is 2.34. The number of ketones is 1. The van der Waals surface area contributed by atoms with Crippen molar-refractivity contribution in [2.24, 2.45) is 5.92 Å². The fourth-order valence-corrected chi connectivity index (χ4v) is 2.80. The Labute approximate surface area is 123 Å². The summed E-state index contributed by atoms with van der Waals surface area (Å²) in [5, 5.41) is 11.0. The molecule has 1 aromatic rings. The summed E-state index contributed by atoms with van der Waals surface area (Å²) >= 11 is 0. The van der Waals surface area contributed by atoms with Gasteiger partial charge in [0, 0.05) is 23.3 Å². The summed E-state index contributed by atoms with van der Waals surface area (Å²) in [7, 11) is 0. The summed E-state index contributed by atoms with van der Waals surface area (Å²) in [6, 6.07) is 9.25. The largest absolute Gasteiger partial charge is 0.498 e. The molecule has 2 rings (SSSR count). The molecule has 1 aliphatic carbocycles. The van der Waals surface area contributed by atoms with Crippen molar-refractivity contribution in [2.45, 2.75) is 25.7 Å². The van der Waals surface area contributed by atoms with Crippen LogP contribution in [-0.2, 0) is 9.53 Å². The van der Waals surface area contributed by atoms with Gasteiger partial charge in [-0.25, -0.2) is 0 Å². The topological polar surface area (TPSA) is 69.4 Å². The van der Waals surface area contributed by atoms with E-state index in [4.69, 9.17) is 4.74 Å². The standard InChI is InChI=1S/C16H19NO4/c1-2-21-13-8-9-14(16(18)10-13)15(11-17(19)20)12-6-4-3-5-7-12/h3-7,10,14-15H,2,8-9,11H2,1H3. The van der Waals surface area contributed by atoms with E-state index in [1.54, 1.807) is 0 Å². The first-order valence-corrected chi connectivity index (χ1v) is 7.15. The first-order valence-electron chi connectivity index (χ1n) is 7.15. The highest BCUT2D eigenvalue weighted by Gasteiger charge is 2.34. The number of nitrogens with zero attached hydrogens (tertiary/aromatic N) is 1. The molecule has 0 N–H and O–H groups in total. The van der Waals surface area contributed by atoms with Crippen LogP contribution in [0.5, 0.6) is 0 Å². The number of nitro groups is 1. The van der Waals surface area contributed by atoms with Gasteiger partial charge in [0.1, 0.15) is 0 Å². The molecule has 0 amide bonds. The number of allylic oxidation sites excluding steroid dienone is 2. The third kappa shape index (κ3) is 3.90. The summed E-state index contributed by atoms with van der Waals surface area (Å²) in [5.74, 6) is -0.109. The van der Waals surface area contributed by atoms with Gasteiger partial charge in [-0.3, -0.25) is 14.9 Å². The Balaban J connectivity index is 2.22. The maximum Gasteiger partial charge on any atom is 0.211 e. The zero-order valence-electron chi connectivity index (χ0n) is 12.0. The number of rotatable bonds is 6. The minimum atomic E-state index is -0.381. The maximum absolute atomic E-state index is 12.3. The van der Waals surface area contributed by atoms with Crippen molar-refractivity contribution < 1.29 is 14.5 Å². The molecule has 0 aromatic heterocycles. The Morgan fingerprint density at radius 3 is 2.67 bits per heavy atom. The highest BCUT2D eigenvalue weighted by molar-refractivity contribution is 5.93. The van der Waals surface area contributed by atoms with Gasteiger partial charge in [0.05, 0.1) is 18.3 Å². The van der Waals surface area contributed by atoms with Gasteiger partial charge >= 0.3 is 0 Å². The summed E-state index contributed by atoms with van der Waals surface area (Å²) in [4.78, 5) is 22.9. The molecule has 1 aromatic carbocycles. The fourth-order valence-electron chi connectivity index (χ4n) is 2.80. The van der Waals surface area contributed by atoms with Gasteiger partial charge in [-0.15, -0.1) is 0 Å². The molecule has 0 saturated carbocycles. The molecule has 0 radical (unpaired) electrons. The van der Waals surface area contributed by atoms with Crippen molar-refractivity contribution >= 4 is 5.78 Å². The molecule has 2 atom stereocenters. The summed E-state index contributed by atoms with van der Waals surface area (Å²) in [5.41, 5.74) is 0.848. The first kappa shape index (κ1) is 15.2. The molecule has 1 aliphatic rings. The van der Waals surface area contributed by atoms with Gasteiger partial charge in [0.25, 0.3) is 0 Å². The molecule has 2 unspecified atom stereocenters. The van der Waals surface area contributed by atoms with Crippen molar-refractivity contribution in [2.75, 3.05) is 13.2 Å². The number of carbonyl (C=O) groups excluding carboxylic acids is 1. The van der Waals surface area contributed by atoms with Gasteiger partial charge in [0.2, 0.25) is 6.54 Å². The van der Waals surface area contributed by atoms with E-state index in [0.717, 1.165) is 5.56 Å². The van der Waals surface area contributed by atoms with Crippen LogP contribution in [0.1, 0.15) is 31.2 Å². The monoisotopic (exact) mass is 289 g/mol. The average molecular weight is 289 g/mol. The molecule has 5 heteroatoms. The number of ether oxygens (including phenoxy) is 1. The lowest BCUT2D eigenvalue weighted by Gasteiger charge is -2.26. The molecule has 0 saturated heterocycles. The molecule has 112 valence electrons. The Morgan fingerprint density at radius 1 is 1.38 bits per heavy atom. The van der Waals surface area contributed by atoms with E-state index >= 15 is 0 Å². The van der Waals surface area contributed by atoms with Crippen LogP contribution < -0.4 is 0 Å². The fraction of sp³-hybridized carbons (Fsp3) is 0.438. The lowest BCUT2D eigenvalue weighted by atomic mass is 9.78. The van der Waals surface area contributed by atoms with Crippen molar-refractivity contribution in [3.05, 3.63) is 57.8 Å². The molecule has 0 heterocycles. The van der Waals surface area contributed by atoms with Crippen molar-refractivity contribution in [3.63, 3.8) is 0 Å². The van der Waals surface area contributed by atoms with E-state index in [9.17, 15) is 14.9 Å². The van der Waals surface area contributed by atoms with Gasteiger partial charge in [-0.1, -0.05) is 30.3 Å². The molecule has 5 nitrogen and oxygen atoms in total. The zero-order chi connectivity index (χ0) is 15.2. The van der Waals surface area contributed by atoms with Crippen molar-refractivity contribution in [1.82, 2.24) is 0 Å². The quantitative estimate of drug-likeness (QED) is 0.596. The molecule has 0 spiro atoms. The van der Waals surface area contributed by atoms with Gasteiger partial charge in [0.15, 0.2) is 5.78 Å². The van der Waals surface area contributed by atoms with E-state index in [2.05, 4.69) is 0 Å². The van der Waals surface area contributed by atoms with Crippen molar-refractivity contribution in [3.8, 4) is 0 Å². The zero-order valence-corrected chi connectivity index (χ0v) is 12.0. The highest BCUT2D eigenvalue weighted by atomic mass is 16.6. The van der Waals surface area contributed by atoms with Crippen LogP contribution in [0.4, 0.5) is 0 Å². The van der Waals surface area contributed by atoms with E-state index in [-0.39, 0.29) is 29.1 Å². The molecule has 0 fully saturated rings. The maximum atomic E-state index is 12.3. The Bertz CT molecular complexity index is 538.